The van der Waals surface area contributed by atoms with Crippen LogP contribution in [-0.4, -0.2) is 40.7 Å². The molecule has 0 radical (unpaired) electrons. The average molecular weight is 435 g/mol. The molecular weight excluding hydrogens is 408 g/mol. The molecule has 0 atom stereocenters. The van der Waals surface area contributed by atoms with Gasteiger partial charge in [-0.25, -0.2) is 4.39 Å². The molecule has 1 saturated heterocycles. The van der Waals surface area contributed by atoms with Crippen molar-refractivity contribution in [1.29, 1.82) is 0 Å². The van der Waals surface area contributed by atoms with Gasteiger partial charge in [0.25, 0.3) is 11.8 Å². The minimum Gasteiger partial charge on any atom is -0.399 e. The Hall–Kier alpha value is -2.51. The molecule has 32 heavy (non-hydrogen) atoms. The summed E-state index contributed by atoms with van der Waals surface area (Å²) in [5.41, 5.74) is -1.04. The number of nitrogens with zero attached hydrogens (tertiary/aromatic N) is 1. The minimum atomic E-state index is -1.44. The van der Waals surface area contributed by atoms with Crippen LogP contribution in [0.1, 0.15) is 73.7 Å². The summed E-state index contributed by atoms with van der Waals surface area (Å²) in [6.45, 7) is 9.50. The highest BCUT2D eigenvalue weighted by Crippen LogP contribution is 2.56. The third kappa shape index (κ3) is 2.91. The van der Waals surface area contributed by atoms with Crippen LogP contribution >= 0.6 is 0 Å². The zero-order valence-corrected chi connectivity index (χ0v) is 19.1. The normalized spacial score (nSPS) is 30.4. The summed E-state index contributed by atoms with van der Waals surface area (Å²) in [6.07, 6.45) is 0.141. The van der Waals surface area contributed by atoms with E-state index < -0.39 is 29.5 Å². The van der Waals surface area contributed by atoms with Gasteiger partial charge in [0.15, 0.2) is 0 Å². The molecule has 0 aromatic heterocycles. The van der Waals surface area contributed by atoms with Gasteiger partial charge in [0.2, 0.25) is 0 Å². The number of alkyl halides is 1. The molecule has 0 spiro atoms. The highest BCUT2D eigenvalue weighted by molar-refractivity contribution is 6.62. The fourth-order valence-electron chi connectivity index (χ4n) is 5.17. The van der Waals surface area contributed by atoms with Crippen LogP contribution in [0.4, 0.5) is 4.39 Å². The Kier molecular flexibility index (Phi) is 4.35. The van der Waals surface area contributed by atoms with Crippen LogP contribution in [0.15, 0.2) is 48.5 Å². The molecule has 1 saturated carbocycles. The number of benzene rings is 2. The number of halogens is 1. The lowest BCUT2D eigenvalue weighted by Crippen LogP contribution is -2.62. The second-order valence-corrected chi connectivity index (χ2v) is 10.5. The van der Waals surface area contributed by atoms with E-state index in [0.29, 0.717) is 11.1 Å². The summed E-state index contributed by atoms with van der Waals surface area (Å²) in [4.78, 5) is 27.7. The zero-order chi connectivity index (χ0) is 23.1. The van der Waals surface area contributed by atoms with Gasteiger partial charge in [-0.05, 0) is 57.8 Å². The molecule has 0 N–H and O–H groups in total. The molecule has 1 aliphatic carbocycles. The third-order valence-corrected chi connectivity index (χ3v) is 7.52. The van der Waals surface area contributed by atoms with Gasteiger partial charge in [-0.1, -0.05) is 36.4 Å². The second kappa shape index (κ2) is 6.52. The van der Waals surface area contributed by atoms with Crippen molar-refractivity contribution in [1.82, 2.24) is 4.90 Å². The number of hydrogen-bond donors (Lipinski definition) is 0. The molecular formula is C25H27BFNO4. The average Bonchev–Trinajstić information content (AvgIpc) is 3.09. The van der Waals surface area contributed by atoms with Gasteiger partial charge < -0.3 is 9.31 Å². The monoisotopic (exact) mass is 435 g/mol. The first-order chi connectivity index (χ1) is 14.9. The van der Waals surface area contributed by atoms with Crippen LogP contribution in [0, 0.1) is 0 Å². The molecule has 2 aliphatic heterocycles. The molecule has 2 amide bonds. The van der Waals surface area contributed by atoms with E-state index in [1.165, 1.54) is 11.8 Å². The third-order valence-electron chi connectivity index (χ3n) is 7.52. The molecule has 0 unspecified atom stereocenters. The summed E-state index contributed by atoms with van der Waals surface area (Å²) in [7, 11) is -0.517. The lowest BCUT2D eigenvalue weighted by Gasteiger charge is -2.54. The Morgan fingerprint density at radius 2 is 1.28 bits per heavy atom. The van der Waals surface area contributed by atoms with Crippen molar-refractivity contribution >= 4 is 24.4 Å². The number of rotatable bonds is 3. The van der Waals surface area contributed by atoms with Crippen LogP contribution < -0.4 is 5.46 Å². The largest absolute Gasteiger partial charge is 0.494 e. The fraction of sp³-hybridized carbons (Fsp3) is 0.440. The lowest BCUT2D eigenvalue weighted by atomic mass is 9.62. The molecule has 2 aromatic rings. The molecule has 0 bridgehead atoms. The zero-order valence-electron chi connectivity index (χ0n) is 19.1. The first kappa shape index (κ1) is 21.3. The van der Waals surface area contributed by atoms with E-state index in [-0.39, 0.29) is 24.7 Å². The van der Waals surface area contributed by atoms with E-state index in [1.54, 1.807) is 24.3 Å². The van der Waals surface area contributed by atoms with E-state index in [4.69, 9.17) is 9.31 Å². The van der Waals surface area contributed by atoms with Gasteiger partial charge in [-0.15, -0.1) is 0 Å². The van der Waals surface area contributed by atoms with Gasteiger partial charge in [0, 0.05) is 12.8 Å². The summed E-state index contributed by atoms with van der Waals surface area (Å²) in [5.74, 6) is -0.729. The maximum absolute atomic E-state index is 14.8. The van der Waals surface area contributed by atoms with Crippen molar-refractivity contribution in [2.75, 3.05) is 0 Å². The Bertz CT molecular complexity index is 1070. The van der Waals surface area contributed by atoms with Crippen LogP contribution in [-0.2, 0) is 14.8 Å². The van der Waals surface area contributed by atoms with Crippen molar-refractivity contribution < 1.29 is 23.3 Å². The van der Waals surface area contributed by atoms with E-state index in [2.05, 4.69) is 0 Å². The molecule has 3 aliphatic rings. The van der Waals surface area contributed by atoms with Crippen LogP contribution in [0.5, 0.6) is 0 Å². The Balaban J connectivity index is 1.49. The van der Waals surface area contributed by atoms with Crippen molar-refractivity contribution in [2.24, 2.45) is 0 Å². The number of fused-ring (bicyclic) bond motifs is 1. The second-order valence-electron chi connectivity index (χ2n) is 10.5. The van der Waals surface area contributed by atoms with Gasteiger partial charge >= 0.3 is 7.12 Å². The van der Waals surface area contributed by atoms with Crippen LogP contribution in [0.25, 0.3) is 0 Å². The maximum Gasteiger partial charge on any atom is 0.494 e. The topological polar surface area (TPSA) is 55.8 Å². The van der Waals surface area contributed by atoms with Crippen molar-refractivity contribution in [3.63, 3.8) is 0 Å². The van der Waals surface area contributed by atoms with Gasteiger partial charge in [-0.3, -0.25) is 14.5 Å². The predicted molar refractivity (Wildman–Crippen MR) is 120 cm³/mol. The fourth-order valence-corrected chi connectivity index (χ4v) is 5.17. The Labute approximate surface area is 188 Å². The molecule has 5 rings (SSSR count). The Morgan fingerprint density at radius 1 is 0.812 bits per heavy atom. The standard InChI is InChI=1S/C25H27BFNO4/c1-22(2)23(3,4)32-26(31-22)17-12-10-16(11-13-17)25(14-24(5,27)15-25)28-20(29)18-8-6-7-9-19(18)21(28)30/h6-13H,14-15H2,1-5H3. The van der Waals surface area contributed by atoms with Crippen LogP contribution in [0.3, 0.4) is 0 Å². The van der Waals surface area contributed by atoms with Crippen molar-refractivity contribution in [3.05, 3.63) is 65.2 Å². The predicted octanol–water partition coefficient (Wildman–Crippen LogP) is 4.00. The summed E-state index contributed by atoms with van der Waals surface area (Å²) in [6, 6.07) is 14.3. The molecule has 2 aromatic carbocycles. The first-order valence-electron chi connectivity index (χ1n) is 11.0. The lowest BCUT2D eigenvalue weighted by molar-refractivity contribution is -0.0684. The summed E-state index contributed by atoms with van der Waals surface area (Å²) in [5, 5.41) is 0. The molecule has 7 heteroatoms. The van der Waals surface area contributed by atoms with Crippen molar-refractivity contribution in [2.45, 2.75) is 69.9 Å². The SMILES string of the molecule is CC1(F)CC(c2ccc(B3OC(C)(C)C(C)(C)O3)cc2)(N2C(=O)c3ccccc3C2=O)C1. The minimum absolute atomic E-state index is 0.0707. The first-order valence-corrected chi connectivity index (χ1v) is 11.0. The van der Waals surface area contributed by atoms with Crippen LogP contribution in [0.2, 0.25) is 0 Å². The van der Waals surface area contributed by atoms with E-state index in [1.807, 2.05) is 52.0 Å². The van der Waals surface area contributed by atoms with E-state index >= 15 is 0 Å². The number of carbonyl (C=O) groups excluding carboxylic acids is 2. The molecule has 2 fully saturated rings. The molecule has 5 nitrogen and oxygen atoms in total. The van der Waals surface area contributed by atoms with E-state index in [0.717, 1.165) is 11.0 Å². The number of carbonyl (C=O) groups is 2. The maximum atomic E-state index is 14.8. The summed E-state index contributed by atoms with van der Waals surface area (Å²) < 4.78 is 27.1. The molecule has 166 valence electrons. The highest BCUT2D eigenvalue weighted by Gasteiger charge is 2.62. The molecule has 2 heterocycles. The number of imide groups is 1. The van der Waals surface area contributed by atoms with Crippen molar-refractivity contribution in [3.8, 4) is 0 Å². The highest BCUT2D eigenvalue weighted by atomic mass is 19.1. The smallest absolute Gasteiger partial charge is 0.399 e. The number of hydrogen-bond acceptors (Lipinski definition) is 4. The Morgan fingerprint density at radius 3 is 1.72 bits per heavy atom. The quantitative estimate of drug-likeness (QED) is 0.541. The summed E-state index contributed by atoms with van der Waals surface area (Å²) >= 11 is 0. The van der Waals surface area contributed by atoms with Gasteiger partial charge in [0.05, 0.1) is 27.9 Å². The van der Waals surface area contributed by atoms with E-state index in [9.17, 15) is 14.0 Å². The number of amides is 2. The van der Waals surface area contributed by atoms with Gasteiger partial charge in [0.1, 0.15) is 5.67 Å². The van der Waals surface area contributed by atoms with Gasteiger partial charge in [-0.2, -0.15) is 0 Å².